The van der Waals surface area contributed by atoms with Crippen molar-refractivity contribution in [1.29, 1.82) is 0 Å². The van der Waals surface area contributed by atoms with Crippen LogP contribution in [0, 0.1) is 0 Å². The van der Waals surface area contributed by atoms with Crippen molar-refractivity contribution in [3.63, 3.8) is 0 Å². The first-order valence-electron chi connectivity index (χ1n) is 10.2. The lowest BCUT2D eigenvalue weighted by Crippen LogP contribution is -2.18. The summed E-state index contributed by atoms with van der Waals surface area (Å²) >= 11 is 0. The zero-order valence-electron chi connectivity index (χ0n) is 18.5. The topological polar surface area (TPSA) is 57.2 Å². The molecular formula is C26H30O5. The molecule has 0 aliphatic heterocycles. The summed E-state index contributed by atoms with van der Waals surface area (Å²) in [6.45, 7) is 0.00923. The maximum absolute atomic E-state index is 10.4. The van der Waals surface area contributed by atoms with E-state index in [9.17, 15) is 5.11 Å². The Kier molecular flexibility index (Phi) is 7.79. The molecule has 0 aromatic heterocycles. The number of ether oxygens (including phenoxy) is 4. The highest BCUT2D eigenvalue weighted by Gasteiger charge is 2.27. The Balaban J connectivity index is 2.11. The third kappa shape index (κ3) is 4.94. The van der Waals surface area contributed by atoms with E-state index in [1.165, 1.54) is 0 Å². The standard InChI is InChI=1S/C26H30O5/c1-28-23-14-13-19(16-25(23)30-3)21(22(17-27)18-9-6-5-7-10-18)15-20-11-8-12-24(29-2)26(20)31-4/h5-14,16,21-22,27H,15,17H2,1-4H3/t21-,22-/m1/s1. The predicted octanol–water partition coefficient (Wildman–Crippen LogP) is 4.82. The highest BCUT2D eigenvalue weighted by Crippen LogP contribution is 2.42. The number of aliphatic hydroxyl groups is 1. The van der Waals surface area contributed by atoms with Crippen LogP contribution in [0.25, 0.3) is 0 Å². The second-order valence-electron chi connectivity index (χ2n) is 7.28. The van der Waals surface area contributed by atoms with Gasteiger partial charge in [-0.15, -0.1) is 0 Å². The van der Waals surface area contributed by atoms with Crippen LogP contribution in [0.1, 0.15) is 28.5 Å². The lowest BCUT2D eigenvalue weighted by Gasteiger charge is -2.28. The van der Waals surface area contributed by atoms with Crippen LogP contribution in [0.2, 0.25) is 0 Å². The third-order valence-corrected chi connectivity index (χ3v) is 5.67. The van der Waals surface area contributed by atoms with E-state index in [1.54, 1.807) is 28.4 Å². The molecule has 0 amide bonds. The van der Waals surface area contributed by atoms with Gasteiger partial charge in [0.1, 0.15) is 0 Å². The molecule has 1 N–H and O–H groups in total. The number of benzene rings is 3. The molecule has 0 saturated heterocycles. The number of rotatable bonds is 10. The Morgan fingerprint density at radius 2 is 1.35 bits per heavy atom. The monoisotopic (exact) mass is 422 g/mol. The molecule has 0 spiro atoms. The van der Waals surface area contributed by atoms with Crippen molar-refractivity contribution in [2.24, 2.45) is 0 Å². The fraction of sp³-hybridized carbons (Fsp3) is 0.308. The summed E-state index contributed by atoms with van der Waals surface area (Å²) in [4.78, 5) is 0. The Hall–Kier alpha value is -3.18. The first-order valence-corrected chi connectivity index (χ1v) is 10.2. The molecule has 0 bridgehead atoms. The lowest BCUT2D eigenvalue weighted by atomic mass is 9.78. The number of para-hydroxylation sites is 1. The van der Waals surface area contributed by atoms with E-state index in [2.05, 4.69) is 12.1 Å². The molecule has 3 rings (SSSR count). The van der Waals surface area contributed by atoms with E-state index in [1.807, 2.05) is 54.6 Å². The van der Waals surface area contributed by atoms with Crippen molar-refractivity contribution in [3.05, 3.63) is 83.4 Å². The van der Waals surface area contributed by atoms with Gasteiger partial charge in [-0.25, -0.2) is 0 Å². The van der Waals surface area contributed by atoms with Crippen molar-refractivity contribution in [3.8, 4) is 23.0 Å². The summed E-state index contributed by atoms with van der Waals surface area (Å²) in [6, 6.07) is 21.9. The average Bonchev–Trinajstić information content (AvgIpc) is 2.83. The highest BCUT2D eigenvalue weighted by atomic mass is 16.5. The zero-order valence-corrected chi connectivity index (χ0v) is 18.5. The quantitative estimate of drug-likeness (QED) is 0.507. The fourth-order valence-corrected chi connectivity index (χ4v) is 4.09. The molecule has 0 aliphatic carbocycles. The van der Waals surface area contributed by atoms with E-state index in [-0.39, 0.29) is 18.4 Å². The minimum Gasteiger partial charge on any atom is -0.493 e. The Labute approximate surface area is 184 Å². The van der Waals surface area contributed by atoms with E-state index in [4.69, 9.17) is 18.9 Å². The van der Waals surface area contributed by atoms with E-state index in [0.29, 0.717) is 29.4 Å². The summed E-state index contributed by atoms with van der Waals surface area (Å²) < 4.78 is 22.1. The van der Waals surface area contributed by atoms with Crippen LogP contribution in [0.5, 0.6) is 23.0 Å². The second-order valence-corrected chi connectivity index (χ2v) is 7.28. The van der Waals surface area contributed by atoms with Crippen molar-refractivity contribution < 1.29 is 24.1 Å². The van der Waals surface area contributed by atoms with Gasteiger partial charge in [0.2, 0.25) is 0 Å². The van der Waals surface area contributed by atoms with Gasteiger partial charge >= 0.3 is 0 Å². The van der Waals surface area contributed by atoms with E-state index < -0.39 is 0 Å². The Bertz CT molecular complexity index is 971. The number of aliphatic hydroxyl groups excluding tert-OH is 1. The molecule has 0 heterocycles. The molecular weight excluding hydrogens is 392 g/mol. The van der Waals surface area contributed by atoms with Gasteiger partial charge in [0.05, 0.1) is 35.0 Å². The van der Waals surface area contributed by atoms with Gasteiger partial charge in [0, 0.05) is 5.92 Å². The third-order valence-electron chi connectivity index (χ3n) is 5.67. The van der Waals surface area contributed by atoms with Crippen LogP contribution in [0.15, 0.2) is 66.7 Å². The molecule has 0 fully saturated rings. The molecule has 0 radical (unpaired) electrons. The van der Waals surface area contributed by atoms with Gasteiger partial charge in [-0.1, -0.05) is 48.5 Å². The Morgan fingerprint density at radius 3 is 1.97 bits per heavy atom. The van der Waals surface area contributed by atoms with E-state index >= 15 is 0 Å². The zero-order chi connectivity index (χ0) is 22.2. The minimum atomic E-state index is -0.116. The van der Waals surface area contributed by atoms with Crippen molar-refractivity contribution in [1.82, 2.24) is 0 Å². The number of hydrogen-bond donors (Lipinski definition) is 1. The highest BCUT2D eigenvalue weighted by molar-refractivity contribution is 5.49. The van der Waals surface area contributed by atoms with Crippen LogP contribution in [-0.4, -0.2) is 40.2 Å². The first kappa shape index (κ1) is 22.5. The molecule has 5 heteroatoms. The summed E-state index contributed by atoms with van der Waals surface area (Å²) in [5.74, 6) is 2.58. The van der Waals surface area contributed by atoms with Crippen LogP contribution < -0.4 is 18.9 Å². The molecule has 0 unspecified atom stereocenters. The lowest BCUT2D eigenvalue weighted by molar-refractivity contribution is 0.246. The molecule has 2 atom stereocenters. The fourth-order valence-electron chi connectivity index (χ4n) is 4.09. The first-order chi connectivity index (χ1) is 15.2. The maximum atomic E-state index is 10.4. The second kappa shape index (κ2) is 10.7. The summed E-state index contributed by atoms with van der Waals surface area (Å²) in [6.07, 6.45) is 0.649. The van der Waals surface area contributed by atoms with Crippen LogP contribution in [0.3, 0.4) is 0 Å². The van der Waals surface area contributed by atoms with Crippen LogP contribution >= 0.6 is 0 Å². The molecule has 3 aromatic carbocycles. The summed E-state index contributed by atoms with van der Waals surface area (Å²) in [7, 11) is 6.53. The van der Waals surface area contributed by atoms with Crippen LogP contribution in [0.4, 0.5) is 0 Å². The van der Waals surface area contributed by atoms with Gasteiger partial charge in [0.25, 0.3) is 0 Å². The minimum absolute atomic E-state index is 0.00923. The molecule has 0 aliphatic rings. The van der Waals surface area contributed by atoms with Gasteiger partial charge in [0.15, 0.2) is 23.0 Å². The smallest absolute Gasteiger partial charge is 0.163 e. The normalized spacial score (nSPS) is 12.7. The summed E-state index contributed by atoms with van der Waals surface area (Å²) in [5.41, 5.74) is 3.13. The molecule has 0 saturated carbocycles. The number of hydrogen-bond acceptors (Lipinski definition) is 5. The largest absolute Gasteiger partial charge is 0.493 e. The molecule has 164 valence electrons. The number of methoxy groups -OCH3 is 4. The van der Waals surface area contributed by atoms with Crippen molar-refractivity contribution >= 4 is 0 Å². The molecule has 31 heavy (non-hydrogen) atoms. The van der Waals surface area contributed by atoms with E-state index in [0.717, 1.165) is 16.7 Å². The SMILES string of the molecule is COc1ccc([C@@H](Cc2cccc(OC)c2OC)[C@H](CO)c2ccccc2)cc1OC. The van der Waals surface area contributed by atoms with Gasteiger partial charge in [-0.05, 0) is 47.2 Å². The van der Waals surface area contributed by atoms with Crippen molar-refractivity contribution in [2.75, 3.05) is 35.0 Å². The van der Waals surface area contributed by atoms with Gasteiger partial charge in [-0.3, -0.25) is 0 Å². The van der Waals surface area contributed by atoms with Crippen molar-refractivity contribution in [2.45, 2.75) is 18.3 Å². The maximum Gasteiger partial charge on any atom is 0.163 e. The van der Waals surface area contributed by atoms with Gasteiger partial charge < -0.3 is 24.1 Å². The molecule has 5 nitrogen and oxygen atoms in total. The van der Waals surface area contributed by atoms with Gasteiger partial charge in [-0.2, -0.15) is 0 Å². The predicted molar refractivity (Wildman–Crippen MR) is 122 cm³/mol. The Morgan fingerprint density at radius 1 is 0.645 bits per heavy atom. The summed E-state index contributed by atoms with van der Waals surface area (Å²) in [5, 5.41) is 10.4. The molecule has 3 aromatic rings. The van der Waals surface area contributed by atoms with Crippen LogP contribution in [-0.2, 0) is 6.42 Å². The average molecular weight is 423 g/mol.